The van der Waals surface area contributed by atoms with E-state index < -0.39 is 0 Å². The van der Waals surface area contributed by atoms with Gasteiger partial charge in [0.05, 0.1) is 5.69 Å². The van der Waals surface area contributed by atoms with Crippen LogP contribution in [-0.2, 0) is 0 Å². The van der Waals surface area contributed by atoms with E-state index in [2.05, 4.69) is 11.9 Å². The first kappa shape index (κ1) is 11.5. The van der Waals surface area contributed by atoms with Crippen molar-refractivity contribution in [1.29, 1.82) is 0 Å². The van der Waals surface area contributed by atoms with Gasteiger partial charge in [0.1, 0.15) is 6.61 Å². The van der Waals surface area contributed by atoms with Gasteiger partial charge >= 0.3 is 0 Å². The van der Waals surface area contributed by atoms with Crippen molar-refractivity contribution in [3.63, 3.8) is 0 Å². The zero-order chi connectivity index (χ0) is 10.8. The Morgan fingerprint density at radius 1 is 1.50 bits per heavy atom. The molecular formula is C10H18N2OS. The van der Waals surface area contributed by atoms with Crippen molar-refractivity contribution in [2.24, 2.45) is 5.73 Å². The topological polar surface area (TPSA) is 48.1 Å². The molecular weight excluding hydrogens is 196 g/mol. The second-order valence-corrected chi connectivity index (χ2v) is 5.08. The Labute approximate surface area is 89.3 Å². The zero-order valence-corrected chi connectivity index (χ0v) is 10.1. The van der Waals surface area contributed by atoms with Crippen LogP contribution in [0.25, 0.3) is 0 Å². The molecule has 1 aromatic rings. The van der Waals surface area contributed by atoms with E-state index in [-0.39, 0.29) is 5.54 Å². The fourth-order valence-corrected chi connectivity index (χ4v) is 1.59. The third-order valence-corrected chi connectivity index (χ3v) is 3.33. The van der Waals surface area contributed by atoms with Gasteiger partial charge < -0.3 is 10.5 Å². The highest BCUT2D eigenvalue weighted by Gasteiger charge is 2.17. The van der Waals surface area contributed by atoms with E-state index in [4.69, 9.17) is 10.5 Å². The van der Waals surface area contributed by atoms with Crippen molar-refractivity contribution >= 4 is 11.3 Å². The van der Waals surface area contributed by atoms with E-state index in [9.17, 15) is 0 Å². The van der Waals surface area contributed by atoms with Gasteiger partial charge in [0.2, 0.25) is 0 Å². The maximum atomic E-state index is 5.96. The van der Waals surface area contributed by atoms with Gasteiger partial charge in [0.15, 0.2) is 0 Å². The molecule has 80 valence electrons. The summed E-state index contributed by atoms with van der Waals surface area (Å²) in [7, 11) is 0. The predicted octanol–water partition coefficient (Wildman–Crippen LogP) is 2.27. The molecule has 2 N–H and O–H groups in total. The van der Waals surface area contributed by atoms with E-state index in [0.717, 1.165) is 17.3 Å². The predicted molar refractivity (Wildman–Crippen MR) is 60.0 cm³/mol. The molecule has 0 aromatic carbocycles. The highest BCUT2D eigenvalue weighted by Crippen LogP contribution is 2.24. The van der Waals surface area contributed by atoms with Crippen molar-refractivity contribution in [3.8, 4) is 5.19 Å². The highest BCUT2D eigenvalue weighted by molar-refractivity contribution is 7.13. The lowest BCUT2D eigenvalue weighted by atomic mass is 10.0. The molecule has 0 saturated carbocycles. The van der Waals surface area contributed by atoms with Crippen LogP contribution in [-0.4, -0.2) is 17.1 Å². The van der Waals surface area contributed by atoms with Gasteiger partial charge in [-0.1, -0.05) is 18.3 Å². The number of hydrogen-bond donors (Lipinski definition) is 1. The molecule has 0 fully saturated rings. The number of thiazole rings is 1. The largest absolute Gasteiger partial charge is 0.468 e. The Bertz CT molecular complexity index is 288. The van der Waals surface area contributed by atoms with Crippen LogP contribution in [0.1, 0.15) is 30.8 Å². The summed E-state index contributed by atoms with van der Waals surface area (Å²) < 4.78 is 5.55. The summed E-state index contributed by atoms with van der Waals surface area (Å²) >= 11 is 1.58. The van der Waals surface area contributed by atoms with E-state index >= 15 is 0 Å². The molecule has 1 atom stereocenters. The van der Waals surface area contributed by atoms with E-state index in [1.54, 1.807) is 11.3 Å². The lowest BCUT2D eigenvalue weighted by molar-refractivity contribution is 0.225. The molecule has 0 aliphatic rings. The van der Waals surface area contributed by atoms with Crippen LogP contribution < -0.4 is 10.5 Å². The summed E-state index contributed by atoms with van der Waals surface area (Å²) in [6.45, 7) is 8.60. The fraction of sp³-hybridized carbons (Fsp3) is 0.700. The van der Waals surface area contributed by atoms with Crippen LogP contribution >= 0.6 is 11.3 Å². The Hall–Kier alpha value is -0.610. The van der Waals surface area contributed by atoms with E-state index in [1.807, 2.05) is 20.8 Å². The SMILES string of the molecule is CCC(C)(N)COc1nc(C)c(C)s1. The third-order valence-electron chi connectivity index (χ3n) is 2.34. The first-order chi connectivity index (χ1) is 6.44. The lowest BCUT2D eigenvalue weighted by Crippen LogP contribution is -2.41. The minimum atomic E-state index is -0.256. The average Bonchev–Trinajstić information content (AvgIpc) is 2.44. The maximum Gasteiger partial charge on any atom is 0.273 e. The van der Waals surface area contributed by atoms with Crippen molar-refractivity contribution in [3.05, 3.63) is 10.6 Å². The Kier molecular flexibility index (Phi) is 3.50. The first-order valence-electron chi connectivity index (χ1n) is 4.80. The second kappa shape index (κ2) is 4.28. The van der Waals surface area contributed by atoms with Crippen molar-refractivity contribution < 1.29 is 4.74 Å². The first-order valence-corrected chi connectivity index (χ1v) is 5.62. The molecule has 14 heavy (non-hydrogen) atoms. The van der Waals surface area contributed by atoms with Crippen LogP contribution in [0.3, 0.4) is 0 Å². The van der Waals surface area contributed by atoms with Gasteiger partial charge in [-0.15, -0.1) is 0 Å². The molecule has 0 saturated heterocycles. The number of nitrogens with zero attached hydrogens (tertiary/aromatic N) is 1. The third kappa shape index (κ3) is 2.96. The monoisotopic (exact) mass is 214 g/mol. The van der Waals surface area contributed by atoms with Gasteiger partial charge in [-0.05, 0) is 27.2 Å². The minimum Gasteiger partial charge on any atom is -0.468 e. The summed E-state index contributed by atoms with van der Waals surface area (Å²) in [5, 5.41) is 0.727. The maximum absolute atomic E-state index is 5.96. The molecule has 1 aromatic heterocycles. The molecule has 0 spiro atoms. The van der Waals surface area contributed by atoms with Crippen LogP contribution in [0.5, 0.6) is 5.19 Å². The highest BCUT2D eigenvalue weighted by atomic mass is 32.1. The van der Waals surface area contributed by atoms with Gasteiger partial charge in [-0.2, -0.15) is 0 Å². The molecule has 0 aliphatic carbocycles. The van der Waals surface area contributed by atoms with Gasteiger partial charge in [-0.25, -0.2) is 4.98 Å². The Morgan fingerprint density at radius 3 is 2.57 bits per heavy atom. The van der Waals surface area contributed by atoms with Gasteiger partial charge in [0, 0.05) is 10.4 Å². The summed E-state index contributed by atoms with van der Waals surface area (Å²) in [5.41, 5.74) is 6.75. The molecule has 0 bridgehead atoms. The summed E-state index contributed by atoms with van der Waals surface area (Å²) in [4.78, 5) is 5.49. The molecule has 3 nitrogen and oxygen atoms in total. The van der Waals surface area contributed by atoms with Gasteiger partial charge in [0.25, 0.3) is 5.19 Å². The normalized spacial score (nSPS) is 15.2. The summed E-state index contributed by atoms with van der Waals surface area (Å²) in [6.07, 6.45) is 0.899. The number of aryl methyl sites for hydroxylation is 2. The van der Waals surface area contributed by atoms with Crippen LogP contribution in [0.4, 0.5) is 0 Å². The molecule has 0 amide bonds. The van der Waals surface area contributed by atoms with Crippen LogP contribution in [0, 0.1) is 13.8 Å². The molecule has 4 heteroatoms. The number of nitrogens with two attached hydrogens (primary N) is 1. The summed E-state index contributed by atoms with van der Waals surface area (Å²) in [5.74, 6) is 0. The average molecular weight is 214 g/mol. The van der Waals surface area contributed by atoms with Crippen molar-refractivity contribution in [2.45, 2.75) is 39.7 Å². The van der Waals surface area contributed by atoms with Crippen LogP contribution in [0.2, 0.25) is 0 Å². The van der Waals surface area contributed by atoms with Gasteiger partial charge in [-0.3, -0.25) is 0 Å². The molecule has 1 unspecified atom stereocenters. The number of hydrogen-bond acceptors (Lipinski definition) is 4. The van der Waals surface area contributed by atoms with E-state index in [1.165, 1.54) is 4.88 Å². The Balaban J connectivity index is 2.54. The fourth-order valence-electron chi connectivity index (χ4n) is 0.834. The van der Waals surface area contributed by atoms with E-state index in [0.29, 0.717) is 6.61 Å². The second-order valence-electron chi connectivity index (χ2n) is 3.92. The number of aromatic nitrogens is 1. The molecule has 0 aliphatic heterocycles. The van der Waals surface area contributed by atoms with Crippen molar-refractivity contribution in [2.75, 3.05) is 6.61 Å². The minimum absolute atomic E-state index is 0.256. The number of rotatable bonds is 4. The quantitative estimate of drug-likeness (QED) is 0.836. The smallest absolute Gasteiger partial charge is 0.273 e. The number of ether oxygens (including phenoxy) is 1. The Morgan fingerprint density at radius 2 is 2.14 bits per heavy atom. The zero-order valence-electron chi connectivity index (χ0n) is 9.26. The lowest BCUT2D eigenvalue weighted by Gasteiger charge is -2.21. The molecule has 1 rings (SSSR count). The standard InChI is InChI=1S/C10H18N2OS/c1-5-10(4,11)6-13-9-12-7(2)8(3)14-9/h5-6,11H2,1-4H3. The molecule has 0 radical (unpaired) electrons. The molecule has 1 heterocycles. The van der Waals surface area contributed by atoms with Crippen molar-refractivity contribution in [1.82, 2.24) is 4.98 Å². The van der Waals surface area contributed by atoms with Crippen LogP contribution in [0.15, 0.2) is 0 Å². The summed E-state index contributed by atoms with van der Waals surface area (Å²) in [6, 6.07) is 0.